The van der Waals surface area contributed by atoms with Crippen molar-refractivity contribution in [1.29, 1.82) is 0 Å². The second kappa shape index (κ2) is 3.86. The van der Waals surface area contributed by atoms with E-state index in [0.29, 0.717) is 0 Å². The summed E-state index contributed by atoms with van der Waals surface area (Å²) in [6.45, 7) is 0. The number of hydrogen-bond donors (Lipinski definition) is 2. The molecule has 0 amide bonds. The molecule has 0 atom stereocenters. The van der Waals surface area contributed by atoms with Crippen LogP contribution in [-0.2, 0) is 0 Å². The van der Waals surface area contributed by atoms with Crippen molar-refractivity contribution in [3.63, 3.8) is 0 Å². The number of aromatic carboxylic acids is 2. The van der Waals surface area contributed by atoms with Gasteiger partial charge in [0.2, 0.25) is 0 Å². The van der Waals surface area contributed by atoms with Gasteiger partial charge < -0.3 is 10.2 Å². The van der Waals surface area contributed by atoms with E-state index in [1.807, 2.05) is 0 Å². The van der Waals surface area contributed by atoms with Crippen LogP contribution in [-0.4, -0.2) is 22.2 Å². The highest BCUT2D eigenvalue weighted by Crippen LogP contribution is 2.28. The van der Waals surface area contributed by atoms with Crippen molar-refractivity contribution < 1.29 is 19.8 Å². The predicted octanol–water partition coefficient (Wildman–Crippen LogP) is 2.39. The maximum absolute atomic E-state index is 10.7. The zero-order valence-electron chi connectivity index (χ0n) is 6.62. The molecule has 0 bridgehead atoms. The Bertz CT molecular complexity index is 414. The summed E-state index contributed by atoms with van der Waals surface area (Å²) in [4.78, 5) is 21.2. The van der Waals surface area contributed by atoms with E-state index in [4.69, 9.17) is 33.4 Å². The van der Waals surface area contributed by atoms with E-state index in [0.717, 1.165) is 6.07 Å². The van der Waals surface area contributed by atoms with Gasteiger partial charge in [-0.15, -0.1) is 0 Å². The quantitative estimate of drug-likeness (QED) is 0.825. The zero-order valence-corrected chi connectivity index (χ0v) is 8.13. The van der Waals surface area contributed by atoms with Crippen LogP contribution in [0.5, 0.6) is 0 Å². The average molecular weight is 235 g/mol. The minimum atomic E-state index is -1.36. The molecule has 0 aliphatic rings. The second-order valence-electron chi connectivity index (χ2n) is 2.39. The molecule has 14 heavy (non-hydrogen) atoms. The molecule has 0 aliphatic heterocycles. The van der Waals surface area contributed by atoms with Crippen LogP contribution in [0.3, 0.4) is 0 Å². The summed E-state index contributed by atoms with van der Waals surface area (Å²) in [5.74, 6) is -2.66. The van der Waals surface area contributed by atoms with Crippen LogP contribution in [0.2, 0.25) is 10.0 Å². The topological polar surface area (TPSA) is 74.6 Å². The van der Waals surface area contributed by atoms with E-state index < -0.39 is 17.5 Å². The highest BCUT2D eigenvalue weighted by atomic mass is 35.5. The minimum Gasteiger partial charge on any atom is -0.478 e. The molecule has 0 spiro atoms. The average Bonchev–Trinajstić information content (AvgIpc) is 2.02. The first-order valence-corrected chi connectivity index (χ1v) is 4.15. The standard InChI is InChI=1S/C8H4Cl2O4/c9-4-2-1-3(7(11)12)6(10)5(4)8(13)14/h1-2H,(H,11,12)(H,13,14). The van der Waals surface area contributed by atoms with Gasteiger partial charge in [0, 0.05) is 0 Å². The third kappa shape index (κ3) is 1.81. The largest absolute Gasteiger partial charge is 0.478 e. The SMILES string of the molecule is O=C(O)c1ccc(Cl)c(C(=O)O)c1Cl. The van der Waals surface area contributed by atoms with E-state index in [1.165, 1.54) is 6.07 Å². The van der Waals surface area contributed by atoms with Crippen molar-refractivity contribution in [2.24, 2.45) is 0 Å². The highest BCUT2D eigenvalue weighted by Gasteiger charge is 2.19. The number of benzene rings is 1. The molecule has 4 nitrogen and oxygen atoms in total. The molecule has 6 heteroatoms. The molecule has 1 aromatic carbocycles. The lowest BCUT2D eigenvalue weighted by Gasteiger charge is -2.04. The Hall–Kier alpha value is -1.26. The van der Waals surface area contributed by atoms with E-state index in [1.54, 1.807) is 0 Å². The lowest BCUT2D eigenvalue weighted by Crippen LogP contribution is -2.05. The maximum atomic E-state index is 10.7. The molecule has 0 heterocycles. The molecule has 1 aromatic rings. The van der Waals surface area contributed by atoms with Gasteiger partial charge in [-0.2, -0.15) is 0 Å². The van der Waals surface area contributed by atoms with Crippen molar-refractivity contribution in [3.8, 4) is 0 Å². The summed E-state index contributed by atoms with van der Waals surface area (Å²) < 4.78 is 0. The van der Waals surface area contributed by atoms with E-state index in [9.17, 15) is 9.59 Å². The van der Waals surface area contributed by atoms with Gasteiger partial charge in [-0.1, -0.05) is 23.2 Å². The predicted molar refractivity (Wildman–Crippen MR) is 50.4 cm³/mol. The van der Waals surface area contributed by atoms with Gasteiger partial charge in [-0.05, 0) is 12.1 Å². The molecule has 0 radical (unpaired) electrons. The first-order valence-electron chi connectivity index (χ1n) is 3.39. The van der Waals surface area contributed by atoms with Crippen LogP contribution in [0.1, 0.15) is 20.7 Å². The Kier molecular flexibility index (Phi) is 2.98. The first-order chi connectivity index (χ1) is 6.45. The smallest absolute Gasteiger partial charge is 0.338 e. The summed E-state index contributed by atoms with van der Waals surface area (Å²) in [5, 5.41) is 16.9. The van der Waals surface area contributed by atoms with Crippen molar-refractivity contribution in [1.82, 2.24) is 0 Å². The molecule has 0 aliphatic carbocycles. The molecule has 0 aromatic heterocycles. The van der Waals surface area contributed by atoms with Crippen molar-refractivity contribution >= 4 is 35.1 Å². The fraction of sp³-hybridized carbons (Fsp3) is 0. The van der Waals surface area contributed by atoms with Gasteiger partial charge in [-0.3, -0.25) is 0 Å². The Balaban J connectivity index is 3.49. The summed E-state index contributed by atoms with van der Waals surface area (Å²) in [6.07, 6.45) is 0. The van der Waals surface area contributed by atoms with Gasteiger partial charge in [0.25, 0.3) is 0 Å². The van der Waals surface area contributed by atoms with Crippen LogP contribution in [0, 0.1) is 0 Å². The summed E-state index contributed by atoms with van der Waals surface area (Å²) in [7, 11) is 0. The van der Waals surface area contributed by atoms with E-state index in [-0.39, 0.29) is 15.6 Å². The molecule has 2 N–H and O–H groups in total. The van der Waals surface area contributed by atoms with Crippen LogP contribution in [0.15, 0.2) is 12.1 Å². The summed E-state index contributed by atoms with van der Waals surface area (Å²) in [5.41, 5.74) is -0.679. The summed E-state index contributed by atoms with van der Waals surface area (Å²) in [6, 6.07) is 2.33. The van der Waals surface area contributed by atoms with Gasteiger partial charge in [0.05, 0.1) is 21.2 Å². The van der Waals surface area contributed by atoms with Gasteiger partial charge in [0.1, 0.15) is 0 Å². The minimum absolute atomic E-state index is 0.0903. The number of carbonyl (C=O) groups is 2. The number of carboxylic acid groups (broad SMARTS) is 2. The Morgan fingerprint density at radius 2 is 1.64 bits per heavy atom. The zero-order chi connectivity index (χ0) is 10.9. The van der Waals surface area contributed by atoms with E-state index >= 15 is 0 Å². The monoisotopic (exact) mass is 234 g/mol. The molecule has 0 fully saturated rings. The molecule has 0 unspecified atom stereocenters. The maximum Gasteiger partial charge on any atom is 0.338 e. The van der Waals surface area contributed by atoms with E-state index in [2.05, 4.69) is 0 Å². The Morgan fingerprint density at radius 3 is 2.07 bits per heavy atom. The number of hydrogen-bond acceptors (Lipinski definition) is 2. The van der Waals surface area contributed by atoms with Crippen LogP contribution >= 0.6 is 23.2 Å². The normalized spacial score (nSPS) is 9.86. The molecule has 1 rings (SSSR count). The number of halogens is 2. The lowest BCUT2D eigenvalue weighted by molar-refractivity contribution is 0.0696. The fourth-order valence-electron chi connectivity index (χ4n) is 0.914. The molecular weight excluding hydrogens is 231 g/mol. The third-order valence-corrected chi connectivity index (χ3v) is 2.24. The second-order valence-corrected chi connectivity index (χ2v) is 3.18. The lowest BCUT2D eigenvalue weighted by atomic mass is 10.1. The van der Waals surface area contributed by atoms with Gasteiger partial charge in [0.15, 0.2) is 0 Å². The van der Waals surface area contributed by atoms with Crippen molar-refractivity contribution in [2.75, 3.05) is 0 Å². The number of rotatable bonds is 2. The summed E-state index contributed by atoms with van der Waals surface area (Å²) >= 11 is 11.1. The molecule has 74 valence electrons. The molecule has 0 saturated carbocycles. The van der Waals surface area contributed by atoms with Gasteiger partial charge >= 0.3 is 11.9 Å². The van der Waals surface area contributed by atoms with Crippen LogP contribution in [0.4, 0.5) is 0 Å². The van der Waals surface area contributed by atoms with Crippen LogP contribution < -0.4 is 0 Å². The first kappa shape index (κ1) is 10.8. The Morgan fingerprint density at radius 1 is 1.07 bits per heavy atom. The van der Waals surface area contributed by atoms with Gasteiger partial charge in [-0.25, -0.2) is 9.59 Å². The van der Waals surface area contributed by atoms with Crippen molar-refractivity contribution in [3.05, 3.63) is 33.3 Å². The van der Waals surface area contributed by atoms with Crippen LogP contribution in [0.25, 0.3) is 0 Å². The Labute approximate surface area is 88.7 Å². The fourth-order valence-corrected chi connectivity index (χ4v) is 1.53. The highest BCUT2D eigenvalue weighted by molar-refractivity contribution is 6.41. The number of carboxylic acids is 2. The third-order valence-electron chi connectivity index (χ3n) is 1.54. The molecular formula is C8H4Cl2O4. The van der Waals surface area contributed by atoms with Crippen molar-refractivity contribution in [2.45, 2.75) is 0 Å². The molecule has 0 saturated heterocycles.